The molecule has 0 bridgehead atoms. The maximum Gasteiger partial charge on any atom is 0.330 e. The van der Waals surface area contributed by atoms with E-state index in [4.69, 9.17) is 0 Å². The number of rotatable bonds is 7. The highest BCUT2D eigenvalue weighted by Gasteiger charge is 2.02. The zero-order valence-electron chi connectivity index (χ0n) is 11.5. The Morgan fingerprint density at radius 2 is 2.00 bits per heavy atom. The third-order valence-electron chi connectivity index (χ3n) is 2.78. The first-order valence-corrected chi connectivity index (χ1v) is 6.49. The van der Waals surface area contributed by atoms with Crippen molar-refractivity contribution in [1.29, 1.82) is 0 Å². The van der Waals surface area contributed by atoms with E-state index >= 15 is 0 Å². The molecule has 0 aromatic carbocycles. The SMILES string of the molecule is CC(C)CNCCCCn1c(=O)ccn(C)c1=O. The largest absolute Gasteiger partial charge is 0.330 e. The predicted molar refractivity (Wildman–Crippen MR) is 72.9 cm³/mol. The van der Waals surface area contributed by atoms with Crippen LogP contribution in [-0.2, 0) is 13.6 Å². The number of nitrogens with one attached hydrogen (secondary N) is 1. The summed E-state index contributed by atoms with van der Waals surface area (Å²) in [6, 6.07) is 1.43. The molecule has 5 nitrogen and oxygen atoms in total. The third kappa shape index (κ3) is 4.49. The molecule has 1 N–H and O–H groups in total. The average Bonchev–Trinajstić information content (AvgIpc) is 2.32. The Labute approximate surface area is 107 Å². The summed E-state index contributed by atoms with van der Waals surface area (Å²) in [5.41, 5.74) is -0.453. The van der Waals surface area contributed by atoms with Crippen LogP contribution in [0.5, 0.6) is 0 Å². The molecule has 0 atom stereocenters. The molecule has 1 heterocycles. The van der Waals surface area contributed by atoms with Gasteiger partial charge in [-0.3, -0.25) is 9.36 Å². The normalized spacial score (nSPS) is 11.1. The molecule has 1 rings (SSSR count). The van der Waals surface area contributed by atoms with Crippen molar-refractivity contribution in [2.75, 3.05) is 13.1 Å². The molecular formula is C13H23N3O2. The first kappa shape index (κ1) is 14.7. The fourth-order valence-corrected chi connectivity index (χ4v) is 1.73. The minimum absolute atomic E-state index is 0.215. The number of aryl methyl sites for hydroxylation is 1. The molecule has 1 aromatic rings. The molecule has 0 saturated heterocycles. The molecule has 0 saturated carbocycles. The topological polar surface area (TPSA) is 56.0 Å². The number of hydrogen-bond donors (Lipinski definition) is 1. The second-order valence-corrected chi connectivity index (χ2v) is 5.00. The van der Waals surface area contributed by atoms with Gasteiger partial charge in [0, 0.05) is 25.9 Å². The van der Waals surface area contributed by atoms with Crippen LogP contribution in [0.4, 0.5) is 0 Å². The van der Waals surface area contributed by atoms with Crippen LogP contribution >= 0.6 is 0 Å². The zero-order chi connectivity index (χ0) is 13.5. The zero-order valence-corrected chi connectivity index (χ0v) is 11.5. The van der Waals surface area contributed by atoms with Gasteiger partial charge in [-0.15, -0.1) is 0 Å². The van der Waals surface area contributed by atoms with Crippen LogP contribution < -0.4 is 16.6 Å². The van der Waals surface area contributed by atoms with Crippen molar-refractivity contribution in [3.63, 3.8) is 0 Å². The molecule has 102 valence electrons. The van der Waals surface area contributed by atoms with E-state index in [1.54, 1.807) is 7.05 Å². The summed E-state index contributed by atoms with van der Waals surface area (Å²) in [6.45, 7) is 6.77. The molecule has 0 radical (unpaired) electrons. The molecule has 0 unspecified atom stereocenters. The summed E-state index contributed by atoms with van der Waals surface area (Å²) in [6.07, 6.45) is 3.31. The van der Waals surface area contributed by atoms with Crippen LogP contribution in [0, 0.1) is 5.92 Å². The molecule has 18 heavy (non-hydrogen) atoms. The molecule has 0 aliphatic carbocycles. The molecular weight excluding hydrogens is 230 g/mol. The number of hydrogen-bond acceptors (Lipinski definition) is 3. The predicted octanol–water partition coefficient (Wildman–Crippen LogP) is 0.573. The van der Waals surface area contributed by atoms with Gasteiger partial charge in [0.2, 0.25) is 0 Å². The van der Waals surface area contributed by atoms with Crippen molar-refractivity contribution < 1.29 is 0 Å². The quantitative estimate of drug-likeness (QED) is 0.723. The first-order chi connectivity index (χ1) is 8.52. The van der Waals surface area contributed by atoms with Crippen molar-refractivity contribution in [2.45, 2.75) is 33.2 Å². The lowest BCUT2D eigenvalue weighted by Crippen LogP contribution is -2.38. The summed E-state index contributed by atoms with van der Waals surface area (Å²) in [5, 5.41) is 3.34. The van der Waals surface area contributed by atoms with Crippen molar-refractivity contribution in [3.8, 4) is 0 Å². The molecule has 0 spiro atoms. The molecule has 0 fully saturated rings. The van der Waals surface area contributed by atoms with Crippen molar-refractivity contribution in [1.82, 2.24) is 14.5 Å². The Balaban J connectivity index is 2.38. The number of nitrogens with zero attached hydrogens (tertiary/aromatic N) is 2. The average molecular weight is 253 g/mol. The smallest absolute Gasteiger partial charge is 0.316 e. The second-order valence-electron chi connectivity index (χ2n) is 5.00. The lowest BCUT2D eigenvalue weighted by molar-refractivity contribution is 0.503. The summed E-state index contributed by atoms with van der Waals surface area (Å²) in [7, 11) is 1.66. The minimum atomic E-state index is -0.238. The third-order valence-corrected chi connectivity index (χ3v) is 2.78. The van der Waals surface area contributed by atoms with Gasteiger partial charge in [-0.05, 0) is 31.8 Å². The Morgan fingerprint density at radius 3 is 2.67 bits per heavy atom. The first-order valence-electron chi connectivity index (χ1n) is 6.49. The highest BCUT2D eigenvalue weighted by Crippen LogP contribution is 1.91. The maximum absolute atomic E-state index is 11.7. The van der Waals surface area contributed by atoms with Crippen LogP contribution in [0.3, 0.4) is 0 Å². The summed E-state index contributed by atoms with van der Waals surface area (Å²) >= 11 is 0. The second kappa shape index (κ2) is 7.16. The van der Waals surface area contributed by atoms with Crippen molar-refractivity contribution in [2.24, 2.45) is 13.0 Å². The lowest BCUT2D eigenvalue weighted by Gasteiger charge is -2.08. The van der Waals surface area contributed by atoms with Gasteiger partial charge in [0.15, 0.2) is 0 Å². The Morgan fingerprint density at radius 1 is 1.28 bits per heavy atom. The van der Waals surface area contributed by atoms with Crippen LogP contribution in [0.15, 0.2) is 21.9 Å². The molecule has 0 aliphatic heterocycles. The van der Waals surface area contributed by atoms with Crippen LogP contribution in [0.25, 0.3) is 0 Å². The van der Waals surface area contributed by atoms with E-state index in [1.807, 2.05) is 0 Å². The fourth-order valence-electron chi connectivity index (χ4n) is 1.73. The van der Waals surface area contributed by atoms with E-state index in [0.717, 1.165) is 25.9 Å². The Kier molecular flexibility index (Phi) is 5.85. The fraction of sp³-hybridized carbons (Fsp3) is 0.692. The van der Waals surface area contributed by atoms with Crippen molar-refractivity contribution >= 4 is 0 Å². The molecule has 0 aliphatic rings. The van der Waals surface area contributed by atoms with E-state index in [-0.39, 0.29) is 11.2 Å². The monoisotopic (exact) mass is 253 g/mol. The molecule has 0 amide bonds. The van der Waals surface area contributed by atoms with Gasteiger partial charge in [0.05, 0.1) is 0 Å². The highest BCUT2D eigenvalue weighted by atomic mass is 16.2. The summed E-state index contributed by atoms with van der Waals surface area (Å²) < 4.78 is 2.72. The summed E-state index contributed by atoms with van der Waals surface area (Å²) in [5.74, 6) is 0.647. The van der Waals surface area contributed by atoms with Crippen LogP contribution in [0.1, 0.15) is 26.7 Å². The van der Waals surface area contributed by atoms with Gasteiger partial charge >= 0.3 is 5.69 Å². The van der Waals surface area contributed by atoms with E-state index in [2.05, 4.69) is 19.2 Å². The van der Waals surface area contributed by atoms with E-state index in [0.29, 0.717) is 12.5 Å². The van der Waals surface area contributed by atoms with Gasteiger partial charge in [-0.25, -0.2) is 4.79 Å². The Hall–Kier alpha value is -1.36. The van der Waals surface area contributed by atoms with Gasteiger partial charge in [-0.1, -0.05) is 13.8 Å². The standard InChI is InChI=1S/C13H23N3O2/c1-11(2)10-14-7-4-5-8-16-12(17)6-9-15(3)13(16)18/h6,9,11,14H,4-5,7-8,10H2,1-3H3. The minimum Gasteiger partial charge on any atom is -0.316 e. The number of aromatic nitrogens is 2. The van der Waals surface area contributed by atoms with Gasteiger partial charge in [0.1, 0.15) is 0 Å². The van der Waals surface area contributed by atoms with Gasteiger partial charge in [-0.2, -0.15) is 0 Å². The van der Waals surface area contributed by atoms with Gasteiger partial charge < -0.3 is 9.88 Å². The molecule has 1 aromatic heterocycles. The van der Waals surface area contributed by atoms with Crippen molar-refractivity contribution in [3.05, 3.63) is 33.1 Å². The van der Waals surface area contributed by atoms with Crippen LogP contribution in [-0.4, -0.2) is 22.2 Å². The van der Waals surface area contributed by atoms with Gasteiger partial charge in [0.25, 0.3) is 5.56 Å². The lowest BCUT2D eigenvalue weighted by atomic mass is 10.2. The highest BCUT2D eigenvalue weighted by molar-refractivity contribution is 4.85. The maximum atomic E-state index is 11.7. The van der Waals surface area contributed by atoms with E-state index < -0.39 is 0 Å². The molecule has 5 heteroatoms. The van der Waals surface area contributed by atoms with E-state index in [9.17, 15) is 9.59 Å². The Bertz CT molecular complexity index is 474. The van der Waals surface area contributed by atoms with Crippen LogP contribution in [0.2, 0.25) is 0 Å². The summed E-state index contributed by atoms with van der Waals surface area (Å²) in [4.78, 5) is 23.2. The number of unbranched alkanes of at least 4 members (excludes halogenated alkanes) is 1. The van der Waals surface area contributed by atoms with E-state index in [1.165, 1.54) is 21.4 Å².